The number of imide groups is 1. The molecule has 0 atom stereocenters. The number of ether oxygens (including phenoxy) is 3. The lowest BCUT2D eigenvalue weighted by Crippen LogP contribution is -2.37. The minimum atomic E-state index is -0.735. The van der Waals surface area contributed by atoms with E-state index in [2.05, 4.69) is 10.6 Å². The number of amides is 3. The Hall–Kier alpha value is -3.07. The predicted octanol–water partition coefficient (Wildman–Crippen LogP) is 1.95. The van der Waals surface area contributed by atoms with Crippen LogP contribution in [0.5, 0.6) is 11.5 Å². The standard InChI is InChI=1S/C17H16N2O6S/c20-15(10-25-16(21)9-12-2-1-7-26-12)19-17(22)18-11-3-4-13-14(8-11)24-6-5-23-13/h1-4,7-8H,5-6,9-10H2,(H2,18,19,20,22). The van der Waals surface area contributed by atoms with E-state index >= 15 is 0 Å². The highest BCUT2D eigenvalue weighted by molar-refractivity contribution is 7.10. The first-order valence-corrected chi connectivity index (χ1v) is 8.66. The second-order valence-corrected chi connectivity index (χ2v) is 6.31. The van der Waals surface area contributed by atoms with Crippen LogP contribution >= 0.6 is 11.3 Å². The van der Waals surface area contributed by atoms with Crippen LogP contribution in [-0.4, -0.2) is 37.7 Å². The Morgan fingerprint density at radius 1 is 1.12 bits per heavy atom. The molecular formula is C17H16N2O6S. The number of fused-ring (bicyclic) bond motifs is 1. The normalized spacial score (nSPS) is 12.2. The van der Waals surface area contributed by atoms with E-state index in [-0.39, 0.29) is 6.42 Å². The number of carbonyl (C=O) groups is 3. The number of benzene rings is 1. The lowest BCUT2D eigenvalue weighted by Gasteiger charge is -2.19. The van der Waals surface area contributed by atoms with E-state index in [1.807, 2.05) is 11.4 Å². The van der Waals surface area contributed by atoms with E-state index in [0.717, 1.165) is 4.88 Å². The maximum atomic E-state index is 11.8. The highest BCUT2D eigenvalue weighted by atomic mass is 32.1. The number of anilines is 1. The van der Waals surface area contributed by atoms with Gasteiger partial charge in [0.1, 0.15) is 13.2 Å². The highest BCUT2D eigenvalue weighted by Gasteiger charge is 2.15. The number of hydrogen-bond acceptors (Lipinski definition) is 7. The van der Waals surface area contributed by atoms with Crippen molar-refractivity contribution in [2.75, 3.05) is 25.1 Å². The Bertz CT molecular complexity index is 806. The molecule has 0 unspecified atom stereocenters. The molecule has 2 aromatic rings. The second-order valence-electron chi connectivity index (χ2n) is 5.28. The number of esters is 1. The van der Waals surface area contributed by atoms with E-state index in [1.54, 1.807) is 24.3 Å². The Morgan fingerprint density at radius 3 is 2.69 bits per heavy atom. The van der Waals surface area contributed by atoms with Gasteiger partial charge in [-0.15, -0.1) is 11.3 Å². The van der Waals surface area contributed by atoms with Crippen LogP contribution in [0.15, 0.2) is 35.7 Å². The van der Waals surface area contributed by atoms with Crippen LogP contribution in [0.4, 0.5) is 10.5 Å². The summed E-state index contributed by atoms with van der Waals surface area (Å²) in [6.07, 6.45) is 0.0916. The fourth-order valence-corrected chi connectivity index (χ4v) is 2.89. The van der Waals surface area contributed by atoms with E-state index < -0.39 is 24.5 Å². The molecule has 1 aromatic carbocycles. The van der Waals surface area contributed by atoms with E-state index in [4.69, 9.17) is 14.2 Å². The minimum Gasteiger partial charge on any atom is -0.486 e. The quantitative estimate of drug-likeness (QED) is 0.773. The van der Waals surface area contributed by atoms with Crippen molar-refractivity contribution in [3.63, 3.8) is 0 Å². The van der Waals surface area contributed by atoms with Gasteiger partial charge in [0.25, 0.3) is 5.91 Å². The van der Waals surface area contributed by atoms with Gasteiger partial charge in [-0.2, -0.15) is 0 Å². The van der Waals surface area contributed by atoms with Gasteiger partial charge in [-0.25, -0.2) is 4.79 Å². The SMILES string of the molecule is O=C(COC(=O)Cc1cccs1)NC(=O)Nc1ccc2c(c1)OCCO2. The molecule has 8 nitrogen and oxygen atoms in total. The number of hydrogen-bond donors (Lipinski definition) is 2. The molecular weight excluding hydrogens is 360 g/mol. The molecule has 136 valence electrons. The summed E-state index contributed by atoms with van der Waals surface area (Å²) in [5, 5.41) is 6.43. The summed E-state index contributed by atoms with van der Waals surface area (Å²) in [5.74, 6) is -0.145. The minimum absolute atomic E-state index is 0.0916. The molecule has 1 aliphatic heterocycles. The summed E-state index contributed by atoms with van der Waals surface area (Å²) in [5.41, 5.74) is 0.439. The Balaban J connectivity index is 1.42. The van der Waals surface area contributed by atoms with Crippen LogP contribution in [0.25, 0.3) is 0 Å². The monoisotopic (exact) mass is 376 g/mol. The first-order valence-electron chi connectivity index (χ1n) is 7.78. The van der Waals surface area contributed by atoms with Crippen LogP contribution in [0, 0.1) is 0 Å². The number of thiophene rings is 1. The van der Waals surface area contributed by atoms with Crippen molar-refractivity contribution < 1.29 is 28.6 Å². The van der Waals surface area contributed by atoms with Crippen LogP contribution in [0.1, 0.15) is 4.88 Å². The molecule has 0 bridgehead atoms. The van der Waals surface area contributed by atoms with E-state index in [9.17, 15) is 14.4 Å². The smallest absolute Gasteiger partial charge is 0.325 e. The third-order valence-corrected chi connectivity index (χ3v) is 4.19. The van der Waals surface area contributed by atoms with Crippen molar-refractivity contribution in [2.24, 2.45) is 0 Å². The van der Waals surface area contributed by atoms with Crippen molar-refractivity contribution in [1.82, 2.24) is 5.32 Å². The molecule has 0 spiro atoms. The van der Waals surface area contributed by atoms with Gasteiger partial charge in [0.05, 0.1) is 6.42 Å². The van der Waals surface area contributed by atoms with Crippen molar-refractivity contribution in [1.29, 1.82) is 0 Å². The molecule has 3 amide bonds. The first kappa shape index (κ1) is 17.7. The van der Waals surface area contributed by atoms with Crippen LogP contribution in [-0.2, 0) is 20.7 Å². The third kappa shape index (κ3) is 4.96. The zero-order valence-electron chi connectivity index (χ0n) is 13.7. The fraction of sp³-hybridized carbons (Fsp3) is 0.235. The average Bonchev–Trinajstić information content (AvgIpc) is 3.12. The van der Waals surface area contributed by atoms with Crippen LogP contribution in [0.2, 0.25) is 0 Å². The van der Waals surface area contributed by atoms with Gasteiger partial charge in [-0.05, 0) is 23.6 Å². The van der Waals surface area contributed by atoms with Gasteiger partial charge in [0, 0.05) is 16.6 Å². The average molecular weight is 376 g/mol. The Morgan fingerprint density at radius 2 is 1.92 bits per heavy atom. The molecule has 9 heteroatoms. The lowest BCUT2D eigenvalue weighted by atomic mass is 10.2. The van der Waals surface area contributed by atoms with Gasteiger partial charge in [-0.1, -0.05) is 6.07 Å². The first-order chi connectivity index (χ1) is 12.6. The number of carbonyl (C=O) groups excluding carboxylic acids is 3. The molecule has 0 aliphatic carbocycles. The fourth-order valence-electron chi connectivity index (χ4n) is 2.20. The van der Waals surface area contributed by atoms with Crippen molar-refractivity contribution in [3.05, 3.63) is 40.6 Å². The second kappa shape index (κ2) is 8.34. The summed E-state index contributed by atoms with van der Waals surface area (Å²) in [6, 6.07) is 7.77. The van der Waals surface area contributed by atoms with Crippen LogP contribution < -0.4 is 20.1 Å². The molecule has 1 aromatic heterocycles. The zero-order chi connectivity index (χ0) is 18.4. The summed E-state index contributed by atoms with van der Waals surface area (Å²) < 4.78 is 15.6. The van der Waals surface area contributed by atoms with E-state index in [1.165, 1.54) is 11.3 Å². The molecule has 2 N–H and O–H groups in total. The molecule has 0 saturated heterocycles. The summed E-state index contributed by atoms with van der Waals surface area (Å²) >= 11 is 1.42. The molecule has 2 heterocycles. The zero-order valence-corrected chi connectivity index (χ0v) is 14.5. The summed E-state index contributed by atoms with van der Waals surface area (Å²) in [7, 11) is 0. The number of urea groups is 1. The largest absolute Gasteiger partial charge is 0.486 e. The van der Waals surface area contributed by atoms with Crippen LogP contribution in [0.3, 0.4) is 0 Å². The molecule has 0 fully saturated rings. The lowest BCUT2D eigenvalue weighted by molar-refractivity contribution is -0.147. The summed E-state index contributed by atoms with van der Waals surface area (Å²) in [4.78, 5) is 36.0. The number of rotatable bonds is 5. The van der Waals surface area contributed by atoms with Crippen molar-refractivity contribution >= 4 is 34.9 Å². The maximum absolute atomic E-state index is 11.8. The van der Waals surface area contributed by atoms with Gasteiger partial charge < -0.3 is 19.5 Å². The summed E-state index contributed by atoms with van der Waals surface area (Å²) in [6.45, 7) is 0.372. The highest BCUT2D eigenvalue weighted by Crippen LogP contribution is 2.32. The van der Waals surface area contributed by atoms with Gasteiger partial charge in [-0.3, -0.25) is 14.9 Å². The van der Waals surface area contributed by atoms with Gasteiger partial charge >= 0.3 is 12.0 Å². The maximum Gasteiger partial charge on any atom is 0.325 e. The number of nitrogens with one attached hydrogen (secondary N) is 2. The van der Waals surface area contributed by atoms with Gasteiger partial charge in [0.2, 0.25) is 0 Å². The molecule has 3 rings (SSSR count). The molecule has 0 radical (unpaired) electrons. The van der Waals surface area contributed by atoms with E-state index in [0.29, 0.717) is 30.4 Å². The molecule has 0 saturated carbocycles. The van der Waals surface area contributed by atoms with Crippen molar-refractivity contribution in [3.8, 4) is 11.5 Å². The molecule has 1 aliphatic rings. The Kier molecular flexibility index (Phi) is 5.69. The predicted molar refractivity (Wildman–Crippen MR) is 93.6 cm³/mol. The Labute approximate surface area is 153 Å². The molecule has 26 heavy (non-hydrogen) atoms. The van der Waals surface area contributed by atoms with Crippen molar-refractivity contribution in [2.45, 2.75) is 6.42 Å². The van der Waals surface area contributed by atoms with Gasteiger partial charge in [0.15, 0.2) is 18.1 Å². The topological polar surface area (TPSA) is 103 Å². The third-order valence-electron chi connectivity index (χ3n) is 3.32.